The molecule has 6 heteroatoms. The normalized spacial score (nSPS) is 17.2. The lowest BCUT2D eigenvalue weighted by Crippen LogP contribution is -2.47. The van der Waals surface area contributed by atoms with Gasteiger partial charge >= 0.3 is 0 Å². The van der Waals surface area contributed by atoms with Gasteiger partial charge in [-0.15, -0.1) is 0 Å². The molecule has 3 N–H and O–H groups in total. The lowest BCUT2D eigenvalue weighted by Gasteiger charge is -2.36. The zero-order chi connectivity index (χ0) is 13.1. The van der Waals surface area contributed by atoms with Gasteiger partial charge in [0.2, 0.25) is 0 Å². The summed E-state index contributed by atoms with van der Waals surface area (Å²) in [6.07, 6.45) is 0. The van der Waals surface area contributed by atoms with E-state index in [0.717, 1.165) is 12.1 Å². The number of anilines is 2. The zero-order valence-corrected chi connectivity index (χ0v) is 10.1. The molecule has 1 aliphatic heterocycles. The summed E-state index contributed by atoms with van der Waals surface area (Å²) in [5.74, 6) is -1.24. The monoisotopic (exact) mass is 257 g/mol. The van der Waals surface area contributed by atoms with Gasteiger partial charge in [-0.3, -0.25) is 4.90 Å². The highest BCUT2D eigenvalue weighted by atomic mass is 19.1. The molecule has 1 aromatic carbocycles. The second kappa shape index (κ2) is 5.49. The van der Waals surface area contributed by atoms with Crippen molar-refractivity contribution in [2.75, 3.05) is 50.0 Å². The average Bonchev–Trinajstić information content (AvgIpc) is 2.30. The molecule has 0 amide bonds. The van der Waals surface area contributed by atoms with Crippen LogP contribution in [0.2, 0.25) is 0 Å². The molecule has 100 valence electrons. The molecule has 0 bridgehead atoms. The van der Waals surface area contributed by atoms with Gasteiger partial charge in [0.25, 0.3) is 0 Å². The fourth-order valence-electron chi connectivity index (χ4n) is 2.22. The predicted octanol–water partition coefficient (Wildman–Crippen LogP) is 0.661. The number of hydrogen-bond donors (Lipinski definition) is 2. The molecule has 0 spiro atoms. The molecule has 0 aliphatic carbocycles. The molecule has 4 nitrogen and oxygen atoms in total. The maximum atomic E-state index is 13.7. The van der Waals surface area contributed by atoms with Gasteiger partial charge in [-0.05, 0) is 12.1 Å². The number of halogens is 2. The summed E-state index contributed by atoms with van der Waals surface area (Å²) in [4.78, 5) is 3.74. The summed E-state index contributed by atoms with van der Waals surface area (Å²) in [5.41, 5.74) is 5.47. The highest BCUT2D eigenvalue weighted by molar-refractivity contribution is 5.56. The molecule has 1 aromatic rings. The minimum Gasteiger partial charge on any atom is -0.399 e. The zero-order valence-electron chi connectivity index (χ0n) is 10.1. The Kier molecular flexibility index (Phi) is 3.98. The first kappa shape index (κ1) is 13.0. The van der Waals surface area contributed by atoms with Crippen LogP contribution in [0.3, 0.4) is 0 Å². The first-order valence-electron chi connectivity index (χ1n) is 5.94. The summed E-state index contributed by atoms with van der Waals surface area (Å²) in [6.45, 7) is 3.15. The van der Waals surface area contributed by atoms with E-state index >= 15 is 0 Å². The molecule has 2 rings (SSSR count). The minimum absolute atomic E-state index is 0.00662. The highest BCUT2D eigenvalue weighted by Gasteiger charge is 2.22. The Morgan fingerprint density at radius 2 is 1.67 bits per heavy atom. The molecule has 0 atom stereocenters. The Bertz CT molecular complexity index is 397. The number of benzene rings is 1. The lowest BCUT2D eigenvalue weighted by molar-refractivity contribution is 0.188. The van der Waals surface area contributed by atoms with Crippen LogP contribution in [-0.4, -0.2) is 49.3 Å². The second-order valence-corrected chi connectivity index (χ2v) is 4.39. The van der Waals surface area contributed by atoms with Crippen molar-refractivity contribution in [3.05, 3.63) is 23.8 Å². The van der Waals surface area contributed by atoms with E-state index in [4.69, 9.17) is 10.8 Å². The van der Waals surface area contributed by atoms with Crippen LogP contribution in [0.1, 0.15) is 0 Å². The fraction of sp³-hybridized carbons (Fsp3) is 0.500. The lowest BCUT2D eigenvalue weighted by atomic mass is 10.2. The van der Waals surface area contributed by atoms with E-state index in [1.54, 1.807) is 4.90 Å². The van der Waals surface area contributed by atoms with Crippen LogP contribution in [0.4, 0.5) is 20.2 Å². The molecule has 1 saturated heterocycles. The van der Waals surface area contributed by atoms with Crippen LogP contribution in [0, 0.1) is 11.6 Å². The van der Waals surface area contributed by atoms with Gasteiger partial charge in [0, 0.05) is 38.4 Å². The number of β-amino-alcohol motifs (C(OH)–C–C–N with tert-alkyl or cyclic N) is 1. The van der Waals surface area contributed by atoms with Crippen LogP contribution in [0.25, 0.3) is 0 Å². The van der Waals surface area contributed by atoms with Crippen molar-refractivity contribution in [2.45, 2.75) is 0 Å². The van der Waals surface area contributed by atoms with Crippen LogP contribution in [0.5, 0.6) is 0 Å². The summed E-state index contributed by atoms with van der Waals surface area (Å²) in [7, 11) is 0. The van der Waals surface area contributed by atoms with E-state index < -0.39 is 11.6 Å². The van der Waals surface area contributed by atoms with Gasteiger partial charge in [-0.1, -0.05) is 0 Å². The van der Waals surface area contributed by atoms with E-state index in [1.807, 2.05) is 0 Å². The van der Waals surface area contributed by atoms with Crippen molar-refractivity contribution in [3.8, 4) is 0 Å². The van der Waals surface area contributed by atoms with Crippen molar-refractivity contribution >= 4 is 11.4 Å². The number of rotatable bonds is 3. The third-order valence-corrected chi connectivity index (χ3v) is 3.14. The van der Waals surface area contributed by atoms with E-state index in [0.29, 0.717) is 32.7 Å². The Hall–Kier alpha value is -1.40. The predicted molar refractivity (Wildman–Crippen MR) is 66.5 cm³/mol. The molecule has 1 fully saturated rings. The molecule has 0 saturated carbocycles. The molecule has 0 aromatic heterocycles. The number of hydrogen-bond acceptors (Lipinski definition) is 4. The second-order valence-electron chi connectivity index (χ2n) is 4.39. The molecular weight excluding hydrogens is 240 g/mol. The summed E-state index contributed by atoms with van der Waals surface area (Å²) in [6, 6.07) is 2.27. The first-order chi connectivity index (χ1) is 8.61. The number of nitrogen functional groups attached to an aromatic ring is 1. The summed E-state index contributed by atoms with van der Waals surface area (Å²) in [5, 5.41) is 8.83. The van der Waals surface area contributed by atoms with Crippen molar-refractivity contribution in [1.82, 2.24) is 4.90 Å². The maximum absolute atomic E-state index is 13.7. The van der Waals surface area contributed by atoms with E-state index in [9.17, 15) is 8.78 Å². The first-order valence-corrected chi connectivity index (χ1v) is 5.94. The van der Waals surface area contributed by atoms with Crippen molar-refractivity contribution < 1.29 is 13.9 Å². The van der Waals surface area contributed by atoms with Gasteiger partial charge in [-0.2, -0.15) is 0 Å². The Morgan fingerprint density at radius 1 is 1.11 bits per heavy atom. The van der Waals surface area contributed by atoms with Crippen LogP contribution < -0.4 is 10.6 Å². The number of aliphatic hydroxyl groups excluding tert-OH is 1. The molecule has 1 aliphatic rings. The number of nitrogens with zero attached hydrogens (tertiary/aromatic N) is 2. The minimum atomic E-state index is -0.622. The Morgan fingerprint density at radius 3 is 2.17 bits per heavy atom. The molecule has 18 heavy (non-hydrogen) atoms. The molecule has 0 radical (unpaired) electrons. The van der Waals surface area contributed by atoms with Gasteiger partial charge in [-0.25, -0.2) is 8.78 Å². The third kappa shape index (κ3) is 2.70. The topological polar surface area (TPSA) is 52.7 Å². The van der Waals surface area contributed by atoms with E-state index in [1.165, 1.54) is 0 Å². The quantitative estimate of drug-likeness (QED) is 0.781. The standard InChI is InChI=1S/C12H17F2N3O/c13-10-7-9(15)8-11(14)12(10)17-3-1-16(2-4-17)5-6-18/h7-8,18H,1-6,15H2. The van der Waals surface area contributed by atoms with Crippen LogP contribution >= 0.6 is 0 Å². The number of aliphatic hydroxyl groups is 1. The maximum Gasteiger partial charge on any atom is 0.151 e. The third-order valence-electron chi connectivity index (χ3n) is 3.14. The largest absolute Gasteiger partial charge is 0.399 e. The smallest absolute Gasteiger partial charge is 0.151 e. The van der Waals surface area contributed by atoms with Gasteiger partial charge in [0.1, 0.15) is 5.69 Å². The molecule has 0 unspecified atom stereocenters. The number of piperazine rings is 1. The Balaban J connectivity index is 2.10. The van der Waals surface area contributed by atoms with E-state index in [-0.39, 0.29) is 18.0 Å². The van der Waals surface area contributed by atoms with Crippen LogP contribution in [-0.2, 0) is 0 Å². The van der Waals surface area contributed by atoms with Crippen molar-refractivity contribution in [3.63, 3.8) is 0 Å². The highest BCUT2D eigenvalue weighted by Crippen LogP contribution is 2.26. The van der Waals surface area contributed by atoms with Gasteiger partial charge < -0.3 is 15.7 Å². The average molecular weight is 257 g/mol. The molecule has 1 heterocycles. The van der Waals surface area contributed by atoms with Crippen LogP contribution in [0.15, 0.2) is 12.1 Å². The van der Waals surface area contributed by atoms with E-state index in [2.05, 4.69) is 4.90 Å². The van der Waals surface area contributed by atoms with Gasteiger partial charge in [0.15, 0.2) is 11.6 Å². The molecular formula is C12H17F2N3O. The number of nitrogens with two attached hydrogens (primary N) is 1. The van der Waals surface area contributed by atoms with Crippen molar-refractivity contribution in [2.24, 2.45) is 0 Å². The SMILES string of the molecule is Nc1cc(F)c(N2CCN(CCO)CC2)c(F)c1. The van der Waals surface area contributed by atoms with Gasteiger partial charge in [0.05, 0.1) is 6.61 Å². The Labute approximate surface area is 105 Å². The summed E-state index contributed by atoms with van der Waals surface area (Å²) >= 11 is 0. The fourth-order valence-corrected chi connectivity index (χ4v) is 2.22. The van der Waals surface area contributed by atoms with Crippen molar-refractivity contribution in [1.29, 1.82) is 0 Å². The summed E-state index contributed by atoms with van der Waals surface area (Å²) < 4.78 is 27.5.